The fraction of sp³-hybridized carbons (Fsp3) is 0.400. The van der Waals surface area contributed by atoms with Gasteiger partial charge in [0.05, 0.1) is 25.0 Å². The van der Waals surface area contributed by atoms with Crippen LogP contribution < -0.4 is 11.1 Å². The van der Waals surface area contributed by atoms with Gasteiger partial charge in [-0.15, -0.1) is 0 Å². The summed E-state index contributed by atoms with van der Waals surface area (Å²) in [5.74, 6) is -2.82. The van der Waals surface area contributed by atoms with E-state index in [0.29, 0.717) is 11.5 Å². The van der Waals surface area contributed by atoms with Gasteiger partial charge in [-0.1, -0.05) is 0 Å². The number of nitrogens with two attached hydrogens (primary N) is 1. The average Bonchev–Trinajstić information content (AvgIpc) is 2.72. The number of nitrogens with zero attached hydrogens (tertiary/aromatic N) is 3. The van der Waals surface area contributed by atoms with Gasteiger partial charge in [0, 0.05) is 6.54 Å². The molecule has 0 aromatic carbocycles. The summed E-state index contributed by atoms with van der Waals surface area (Å²) in [6, 6.07) is 0. The molecule has 0 bridgehead atoms. The van der Waals surface area contributed by atoms with Gasteiger partial charge in [-0.2, -0.15) is 0 Å². The highest BCUT2D eigenvalue weighted by atomic mass is 16.4. The zero-order valence-corrected chi connectivity index (χ0v) is 9.85. The Kier molecular flexibility index (Phi) is 3.47. The van der Waals surface area contributed by atoms with E-state index in [4.69, 9.17) is 15.9 Å². The van der Waals surface area contributed by atoms with E-state index < -0.39 is 30.4 Å². The number of carbonyl (C=O) groups is 2. The molecule has 2 heterocycles. The number of hydrogen-bond donors (Lipinski definition) is 4. The molecule has 1 aromatic rings. The molecule has 0 amide bonds. The second-order valence-corrected chi connectivity index (χ2v) is 4.13. The maximum absolute atomic E-state index is 11.0. The average molecular weight is 267 g/mol. The molecule has 9 nitrogen and oxygen atoms in total. The Labute approximate surface area is 107 Å². The molecule has 1 aromatic heterocycles. The summed E-state index contributed by atoms with van der Waals surface area (Å²) in [4.78, 5) is 29.6. The highest BCUT2D eigenvalue weighted by molar-refractivity contribution is 5.79. The van der Waals surface area contributed by atoms with E-state index in [9.17, 15) is 9.59 Å². The van der Waals surface area contributed by atoms with Gasteiger partial charge >= 0.3 is 11.9 Å². The second-order valence-electron chi connectivity index (χ2n) is 4.13. The molecule has 0 saturated carbocycles. The summed E-state index contributed by atoms with van der Waals surface area (Å²) in [5.41, 5.74) is 6.21. The summed E-state index contributed by atoms with van der Waals surface area (Å²) in [7, 11) is 0. The molecule has 102 valence electrons. The topological polar surface area (TPSA) is 143 Å². The van der Waals surface area contributed by atoms with Crippen molar-refractivity contribution >= 4 is 24.1 Å². The van der Waals surface area contributed by atoms with Crippen LogP contribution in [0.2, 0.25) is 0 Å². The van der Waals surface area contributed by atoms with E-state index in [1.54, 1.807) is 0 Å². The van der Waals surface area contributed by atoms with Crippen LogP contribution in [0.5, 0.6) is 0 Å². The molecule has 1 aliphatic heterocycles. The minimum Gasteiger partial charge on any atom is -0.481 e. The quantitative estimate of drug-likeness (QED) is 0.561. The SMILES string of the molecule is NC1N=CNc2c1ncn2CC(CC(=O)O)C(=O)O. The molecule has 19 heavy (non-hydrogen) atoms. The highest BCUT2D eigenvalue weighted by Crippen LogP contribution is 2.24. The van der Waals surface area contributed by atoms with E-state index in [0.717, 1.165) is 0 Å². The number of carboxylic acids is 2. The molecule has 2 unspecified atom stereocenters. The Bertz CT molecular complexity index is 538. The minimum atomic E-state index is -1.17. The molecule has 0 aliphatic carbocycles. The summed E-state index contributed by atoms with van der Waals surface area (Å²) < 4.78 is 1.53. The van der Waals surface area contributed by atoms with E-state index in [-0.39, 0.29) is 6.54 Å². The lowest BCUT2D eigenvalue weighted by atomic mass is 10.1. The molecule has 9 heteroatoms. The van der Waals surface area contributed by atoms with Gasteiger partial charge in [-0.3, -0.25) is 14.6 Å². The van der Waals surface area contributed by atoms with Crippen molar-refractivity contribution in [3.63, 3.8) is 0 Å². The lowest BCUT2D eigenvalue weighted by molar-refractivity contribution is -0.148. The number of aliphatic carboxylic acids is 2. The maximum Gasteiger partial charge on any atom is 0.308 e. The van der Waals surface area contributed by atoms with E-state index >= 15 is 0 Å². The van der Waals surface area contributed by atoms with Crippen LogP contribution in [0.25, 0.3) is 0 Å². The number of carboxylic acid groups (broad SMARTS) is 2. The van der Waals surface area contributed by atoms with Crippen LogP contribution in [0.1, 0.15) is 18.3 Å². The van der Waals surface area contributed by atoms with Gasteiger partial charge in [0.2, 0.25) is 0 Å². The molecule has 2 atom stereocenters. The number of fused-ring (bicyclic) bond motifs is 1. The number of nitrogens with one attached hydrogen (secondary N) is 1. The Morgan fingerprint density at radius 1 is 1.53 bits per heavy atom. The zero-order chi connectivity index (χ0) is 14.0. The molecular weight excluding hydrogens is 254 g/mol. The third-order valence-electron chi connectivity index (χ3n) is 2.77. The Morgan fingerprint density at radius 2 is 2.26 bits per heavy atom. The largest absolute Gasteiger partial charge is 0.481 e. The Hall–Kier alpha value is -2.42. The molecule has 1 aliphatic rings. The predicted molar refractivity (Wildman–Crippen MR) is 64.6 cm³/mol. The van der Waals surface area contributed by atoms with Crippen LogP contribution in [0.3, 0.4) is 0 Å². The van der Waals surface area contributed by atoms with Crippen molar-refractivity contribution in [2.45, 2.75) is 19.1 Å². The van der Waals surface area contributed by atoms with E-state index in [1.807, 2.05) is 0 Å². The van der Waals surface area contributed by atoms with Crippen molar-refractivity contribution in [1.29, 1.82) is 0 Å². The molecule has 0 spiro atoms. The molecular formula is C10H13N5O4. The number of anilines is 1. The van der Waals surface area contributed by atoms with Crippen LogP contribution in [0, 0.1) is 5.92 Å². The normalized spacial score (nSPS) is 18.5. The van der Waals surface area contributed by atoms with Crippen molar-refractivity contribution in [1.82, 2.24) is 9.55 Å². The van der Waals surface area contributed by atoms with Gasteiger partial charge in [-0.25, -0.2) is 4.98 Å². The molecule has 0 fully saturated rings. The number of aliphatic imine (C=N–C) groups is 1. The smallest absolute Gasteiger partial charge is 0.308 e. The molecule has 0 radical (unpaired) electrons. The first-order valence-corrected chi connectivity index (χ1v) is 5.52. The first kappa shape index (κ1) is 13.0. The van der Waals surface area contributed by atoms with Gasteiger partial charge in [0.1, 0.15) is 17.7 Å². The standard InChI is InChI=1S/C10H13N5O4/c11-8-7-9(13-3-12-8)15(4-14-7)2-5(10(18)19)1-6(16)17/h3-5,8H,1-2,11H2,(H,12,13)(H,16,17)(H,18,19). The van der Waals surface area contributed by atoms with Crippen molar-refractivity contribution < 1.29 is 19.8 Å². The van der Waals surface area contributed by atoms with Crippen LogP contribution in [0.4, 0.5) is 5.82 Å². The first-order valence-electron chi connectivity index (χ1n) is 5.52. The molecule has 2 rings (SSSR count). The molecule has 5 N–H and O–H groups in total. The maximum atomic E-state index is 11.0. The Morgan fingerprint density at radius 3 is 2.89 bits per heavy atom. The van der Waals surface area contributed by atoms with Crippen LogP contribution >= 0.6 is 0 Å². The van der Waals surface area contributed by atoms with Gasteiger partial charge in [-0.05, 0) is 0 Å². The summed E-state index contributed by atoms with van der Waals surface area (Å²) >= 11 is 0. The van der Waals surface area contributed by atoms with E-state index in [2.05, 4.69) is 15.3 Å². The highest BCUT2D eigenvalue weighted by Gasteiger charge is 2.25. The predicted octanol–water partition coefficient (Wildman–Crippen LogP) is -0.530. The lowest BCUT2D eigenvalue weighted by Crippen LogP contribution is -2.24. The number of rotatable bonds is 5. The second kappa shape index (κ2) is 5.06. The fourth-order valence-corrected chi connectivity index (χ4v) is 1.84. The number of hydrogen-bond acceptors (Lipinski definition) is 6. The number of imidazole rings is 1. The zero-order valence-electron chi connectivity index (χ0n) is 9.85. The van der Waals surface area contributed by atoms with Crippen molar-refractivity contribution in [2.75, 3.05) is 5.32 Å². The summed E-state index contributed by atoms with van der Waals surface area (Å²) in [6.45, 7) is -0.00245. The van der Waals surface area contributed by atoms with Crippen molar-refractivity contribution in [2.24, 2.45) is 16.6 Å². The monoisotopic (exact) mass is 267 g/mol. The first-order chi connectivity index (χ1) is 8.99. The van der Waals surface area contributed by atoms with Crippen LogP contribution in [-0.2, 0) is 16.1 Å². The van der Waals surface area contributed by atoms with Crippen molar-refractivity contribution in [3.05, 3.63) is 12.0 Å². The minimum absolute atomic E-state index is 0.00245. The summed E-state index contributed by atoms with van der Waals surface area (Å²) in [5, 5.41) is 20.5. The van der Waals surface area contributed by atoms with Gasteiger partial charge in [0.25, 0.3) is 0 Å². The Balaban J connectivity index is 2.19. The molecule has 0 saturated heterocycles. The van der Waals surface area contributed by atoms with Crippen molar-refractivity contribution in [3.8, 4) is 0 Å². The van der Waals surface area contributed by atoms with Crippen LogP contribution in [-0.4, -0.2) is 38.0 Å². The lowest BCUT2D eigenvalue weighted by Gasteiger charge is -2.17. The van der Waals surface area contributed by atoms with E-state index in [1.165, 1.54) is 17.2 Å². The van der Waals surface area contributed by atoms with Gasteiger partial charge < -0.3 is 25.8 Å². The van der Waals surface area contributed by atoms with Crippen LogP contribution in [0.15, 0.2) is 11.3 Å². The third kappa shape index (κ3) is 2.71. The third-order valence-corrected chi connectivity index (χ3v) is 2.77. The summed E-state index contributed by atoms with van der Waals surface area (Å²) in [6.07, 6.45) is 1.77. The fourth-order valence-electron chi connectivity index (χ4n) is 1.84. The number of aromatic nitrogens is 2. The van der Waals surface area contributed by atoms with Gasteiger partial charge in [0.15, 0.2) is 0 Å².